The average molecular weight is 476 g/mol. The number of benzene rings is 2. The number of hydrogen-bond acceptors (Lipinski definition) is 5. The molecule has 33 heavy (non-hydrogen) atoms. The number of piperidine rings is 1. The Balaban J connectivity index is 1.48. The number of carbonyl (C=O) groups is 1. The number of nitrogens with one attached hydrogen (secondary N) is 1. The number of nitrogens with zero attached hydrogens (tertiary/aromatic N) is 2. The Bertz CT molecular complexity index is 1090. The van der Waals surface area contributed by atoms with Crippen LogP contribution < -0.4 is 10.1 Å². The highest BCUT2D eigenvalue weighted by molar-refractivity contribution is 7.89. The van der Waals surface area contributed by atoms with Crippen LogP contribution in [0.1, 0.15) is 43.7 Å². The van der Waals surface area contributed by atoms with Crippen LogP contribution in [-0.4, -0.2) is 56.8 Å². The SMILES string of the molecule is COc1ccc(NC(=O)CN2CCCC2c2ccc(F)cc2)cc1S(=O)(=O)N1CCCCC1. The largest absolute Gasteiger partial charge is 0.495 e. The van der Waals surface area contributed by atoms with Crippen molar-refractivity contribution >= 4 is 21.6 Å². The lowest BCUT2D eigenvalue weighted by atomic mass is 10.0. The van der Waals surface area contributed by atoms with Crippen LogP contribution in [0.15, 0.2) is 47.4 Å². The van der Waals surface area contributed by atoms with Crippen LogP contribution in [-0.2, 0) is 14.8 Å². The maximum atomic E-state index is 13.3. The molecule has 0 spiro atoms. The molecule has 0 aromatic heterocycles. The predicted molar refractivity (Wildman–Crippen MR) is 124 cm³/mol. The molecular formula is C24H30FN3O4S. The van der Waals surface area contributed by atoms with Crippen molar-refractivity contribution < 1.29 is 22.3 Å². The monoisotopic (exact) mass is 475 g/mol. The van der Waals surface area contributed by atoms with Gasteiger partial charge in [-0.1, -0.05) is 18.6 Å². The zero-order valence-electron chi connectivity index (χ0n) is 18.8. The second-order valence-corrected chi connectivity index (χ2v) is 10.5. The molecule has 7 nitrogen and oxygen atoms in total. The molecule has 1 unspecified atom stereocenters. The lowest BCUT2D eigenvalue weighted by Crippen LogP contribution is -2.36. The number of carbonyl (C=O) groups excluding carboxylic acids is 1. The molecule has 2 saturated heterocycles. The first-order valence-electron chi connectivity index (χ1n) is 11.4. The molecule has 1 atom stereocenters. The summed E-state index contributed by atoms with van der Waals surface area (Å²) in [5.41, 5.74) is 1.40. The molecule has 178 valence electrons. The number of sulfonamides is 1. The van der Waals surface area contributed by atoms with E-state index in [1.165, 1.54) is 29.6 Å². The molecule has 2 heterocycles. The van der Waals surface area contributed by atoms with Crippen molar-refractivity contribution in [2.75, 3.05) is 38.6 Å². The van der Waals surface area contributed by atoms with Gasteiger partial charge in [0.05, 0.1) is 13.7 Å². The number of anilines is 1. The summed E-state index contributed by atoms with van der Waals surface area (Å²) in [4.78, 5) is 14.9. The third-order valence-electron chi connectivity index (χ3n) is 6.35. The van der Waals surface area contributed by atoms with Gasteiger partial charge < -0.3 is 10.1 Å². The molecule has 1 amide bonds. The summed E-state index contributed by atoms with van der Waals surface area (Å²) in [5.74, 6) is -0.249. The molecule has 2 aromatic carbocycles. The number of rotatable bonds is 7. The lowest BCUT2D eigenvalue weighted by Gasteiger charge is -2.27. The number of methoxy groups -OCH3 is 1. The Morgan fingerprint density at radius 1 is 1.06 bits per heavy atom. The molecule has 2 fully saturated rings. The highest BCUT2D eigenvalue weighted by Gasteiger charge is 2.30. The summed E-state index contributed by atoms with van der Waals surface area (Å²) in [5, 5.41) is 2.84. The van der Waals surface area contributed by atoms with E-state index in [1.54, 1.807) is 24.3 Å². The van der Waals surface area contributed by atoms with Crippen LogP contribution in [0.25, 0.3) is 0 Å². The van der Waals surface area contributed by atoms with Crippen LogP contribution in [0.3, 0.4) is 0 Å². The Morgan fingerprint density at radius 3 is 2.48 bits per heavy atom. The van der Waals surface area contributed by atoms with Gasteiger partial charge in [-0.3, -0.25) is 9.69 Å². The first kappa shape index (κ1) is 23.7. The van der Waals surface area contributed by atoms with E-state index in [0.717, 1.165) is 44.2 Å². The standard InChI is InChI=1S/C24H30FN3O4S/c1-32-22-12-11-20(16-23(22)33(30,31)28-14-3-2-4-15-28)26-24(29)17-27-13-5-6-21(27)18-7-9-19(25)10-8-18/h7-12,16,21H,2-6,13-15,17H2,1H3,(H,26,29). The molecular weight excluding hydrogens is 445 g/mol. The van der Waals surface area contributed by atoms with Gasteiger partial charge in [0.2, 0.25) is 15.9 Å². The fourth-order valence-corrected chi connectivity index (χ4v) is 6.36. The molecule has 2 aromatic rings. The summed E-state index contributed by atoms with van der Waals surface area (Å²) in [6.45, 7) is 1.92. The van der Waals surface area contributed by atoms with Gasteiger partial charge in [0.15, 0.2) is 0 Å². The van der Waals surface area contributed by atoms with E-state index in [2.05, 4.69) is 10.2 Å². The normalized spacial score (nSPS) is 20.0. The molecule has 2 aliphatic heterocycles. The maximum Gasteiger partial charge on any atom is 0.246 e. The number of ether oxygens (including phenoxy) is 1. The van der Waals surface area contributed by atoms with Crippen LogP contribution in [0.5, 0.6) is 5.75 Å². The zero-order valence-corrected chi connectivity index (χ0v) is 19.6. The molecule has 2 aliphatic rings. The van der Waals surface area contributed by atoms with Crippen LogP contribution in [0, 0.1) is 5.82 Å². The van der Waals surface area contributed by atoms with Gasteiger partial charge in [0.1, 0.15) is 16.5 Å². The topological polar surface area (TPSA) is 79.0 Å². The minimum Gasteiger partial charge on any atom is -0.495 e. The van der Waals surface area contributed by atoms with E-state index < -0.39 is 10.0 Å². The minimum atomic E-state index is -3.72. The average Bonchev–Trinajstić information content (AvgIpc) is 3.28. The fraction of sp³-hybridized carbons (Fsp3) is 0.458. The van der Waals surface area contributed by atoms with E-state index in [0.29, 0.717) is 18.8 Å². The first-order valence-corrected chi connectivity index (χ1v) is 12.8. The van der Waals surface area contributed by atoms with E-state index in [1.807, 2.05) is 0 Å². The molecule has 4 rings (SSSR count). The molecule has 1 N–H and O–H groups in total. The second-order valence-electron chi connectivity index (χ2n) is 8.56. The van der Waals surface area contributed by atoms with Crippen molar-refractivity contribution in [1.82, 2.24) is 9.21 Å². The van der Waals surface area contributed by atoms with Gasteiger partial charge in [-0.05, 0) is 68.1 Å². The number of amides is 1. The third kappa shape index (κ3) is 5.37. The predicted octanol–water partition coefficient (Wildman–Crippen LogP) is 3.78. The van der Waals surface area contributed by atoms with Crippen molar-refractivity contribution in [1.29, 1.82) is 0 Å². The van der Waals surface area contributed by atoms with Crippen molar-refractivity contribution in [3.63, 3.8) is 0 Å². The highest BCUT2D eigenvalue weighted by atomic mass is 32.2. The molecule has 0 aliphatic carbocycles. The Kier molecular flexibility index (Phi) is 7.31. The Morgan fingerprint density at radius 2 is 1.79 bits per heavy atom. The molecule has 0 bridgehead atoms. The summed E-state index contributed by atoms with van der Waals surface area (Å²) in [6.07, 6.45) is 4.55. The van der Waals surface area contributed by atoms with Gasteiger partial charge in [-0.25, -0.2) is 12.8 Å². The van der Waals surface area contributed by atoms with Crippen molar-refractivity contribution in [2.24, 2.45) is 0 Å². The first-order chi connectivity index (χ1) is 15.9. The van der Waals surface area contributed by atoms with E-state index >= 15 is 0 Å². The van der Waals surface area contributed by atoms with E-state index in [-0.39, 0.29) is 35.0 Å². The fourth-order valence-electron chi connectivity index (χ4n) is 4.66. The van der Waals surface area contributed by atoms with Crippen LogP contribution in [0.4, 0.5) is 10.1 Å². The zero-order chi connectivity index (χ0) is 23.4. The second kappa shape index (κ2) is 10.2. The van der Waals surface area contributed by atoms with Crippen molar-refractivity contribution in [2.45, 2.75) is 43.0 Å². The van der Waals surface area contributed by atoms with Crippen molar-refractivity contribution in [3.05, 3.63) is 53.8 Å². The highest BCUT2D eigenvalue weighted by Crippen LogP contribution is 2.33. The summed E-state index contributed by atoms with van der Waals surface area (Å²) in [7, 11) is -2.28. The summed E-state index contributed by atoms with van der Waals surface area (Å²) < 4.78 is 46.5. The van der Waals surface area contributed by atoms with Gasteiger partial charge >= 0.3 is 0 Å². The minimum absolute atomic E-state index is 0.0576. The smallest absolute Gasteiger partial charge is 0.246 e. The van der Waals surface area contributed by atoms with Crippen LogP contribution in [0.2, 0.25) is 0 Å². The molecule has 0 radical (unpaired) electrons. The Labute approximate surface area is 194 Å². The summed E-state index contributed by atoms with van der Waals surface area (Å²) >= 11 is 0. The van der Waals surface area contributed by atoms with E-state index in [4.69, 9.17) is 4.74 Å². The lowest BCUT2D eigenvalue weighted by molar-refractivity contribution is -0.117. The van der Waals surface area contributed by atoms with Crippen molar-refractivity contribution in [3.8, 4) is 5.75 Å². The number of halogens is 1. The third-order valence-corrected chi connectivity index (χ3v) is 8.27. The number of likely N-dealkylation sites (tertiary alicyclic amines) is 1. The summed E-state index contributed by atoms with van der Waals surface area (Å²) in [6, 6.07) is 11.2. The van der Waals surface area contributed by atoms with E-state index in [9.17, 15) is 17.6 Å². The van der Waals surface area contributed by atoms with Gasteiger partial charge in [0, 0.05) is 24.8 Å². The van der Waals surface area contributed by atoms with Crippen LogP contribution >= 0.6 is 0 Å². The molecule has 9 heteroatoms. The Hall–Kier alpha value is -2.49. The van der Waals surface area contributed by atoms with Gasteiger partial charge in [0.25, 0.3) is 0 Å². The van der Waals surface area contributed by atoms with Gasteiger partial charge in [-0.15, -0.1) is 0 Å². The van der Waals surface area contributed by atoms with Gasteiger partial charge in [-0.2, -0.15) is 4.31 Å². The number of hydrogen-bond donors (Lipinski definition) is 1. The maximum absolute atomic E-state index is 13.3. The molecule has 0 saturated carbocycles. The quantitative estimate of drug-likeness (QED) is 0.659.